The molecule has 176 valence electrons. The number of benzene rings is 1. The largest absolute Gasteiger partial charge is 0.393 e. The molecule has 5 rings (SSSR count). The van der Waals surface area contributed by atoms with Gasteiger partial charge < -0.3 is 10.2 Å². The molecule has 9 atom stereocenters. The van der Waals surface area contributed by atoms with Crippen LogP contribution in [0.2, 0.25) is 0 Å². The van der Waals surface area contributed by atoms with Crippen molar-refractivity contribution in [3.63, 3.8) is 0 Å². The van der Waals surface area contributed by atoms with E-state index in [1.54, 1.807) is 0 Å². The first-order valence-corrected chi connectivity index (χ1v) is 13.1. The second kappa shape index (κ2) is 7.88. The summed E-state index contributed by atoms with van der Waals surface area (Å²) in [6, 6.07) is 8.36. The van der Waals surface area contributed by atoms with Crippen molar-refractivity contribution in [3.8, 4) is 0 Å². The van der Waals surface area contributed by atoms with E-state index < -0.39 is 16.9 Å². The fraction of sp³-hybridized carbons (Fsp3) is 0.704. The number of aliphatic hydroxyl groups is 2. The molecule has 1 aromatic rings. The number of hydrogen-bond acceptors (Lipinski definition) is 2. The van der Waals surface area contributed by atoms with Gasteiger partial charge in [0.15, 0.2) is 0 Å². The van der Waals surface area contributed by atoms with E-state index in [0.29, 0.717) is 42.6 Å². The molecule has 4 fully saturated rings. The number of halogens is 3. The van der Waals surface area contributed by atoms with E-state index in [4.69, 9.17) is 0 Å². The quantitative estimate of drug-likeness (QED) is 0.445. The van der Waals surface area contributed by atoms with Crippen molar-refractivity contribution in [2.24, 2.45) is 35.0 Å². The lowest BCUT2D eigenvalue weighted by molar-refractivity contribution is -0.226. The van der Waals surface area contributed by atoms with Gasteiger partial charge in [0.05, 0.1) is 6.10 Å². The van der Waals surface area contributed by atoms with E-state index in [1.165, 1.54) is 5.56 Å². The van der Waals surface area contributed by atoms with Crippen molar-refractivity contribution < 1.29 is 19.0 Å². The maximum Gasteiger partial charge on any atom is 0.294 e. The lowest BCUT2D eigenvalue weighted by Crippen LogP contribution is -2.61. The normalized spacial score (nSPS) is 46.1. The Morgan fingerprint density at radius 1 is 1.09 bits per heavy atom. The Morgan fingerprint density at radius 2 is 1.78 bits per heavy atom. The molecule has 0 aromatic heterocycles. The molecular weight excluding hydrogens is 474 g/mol. The lowest BCUT2D eigenvalue weighted by Gasteiger charge is -2.60. The predicted molar refractivity (Wildman–Crippen MR) is 125 cm³/mol. The Balaban J connectivity index is 1.60. The summed E-state index contributed by atoms with van der Waals surface area (Å²) in [6.07, 6.45) is 6.67. The summed E-state index contributed by atoms with van der Waals surface area (Å²) < 4.78 is 31.4. The molecule has 4 aliphatic rings. The molecular formula is C27H35BrF2O2. The van der Waals surface area contributed by atoms with E-state index >= 15 is 8.78 Å². The van der Waals surface area contributed by atoms with E-state index in [2.05, 4.69) is 34.6 Å². The maximum absolute atomic E-state index is 15.2. The van der Waals surface area contributed by atoms with Crippen LogP contribution in [0, 0.1) is 35.0 Å². The Morgan fingerprint density at radius 3 is 2.47 bits per heavy atom. The summed E-state index contributed by atoms with van der Waals surface area (Å²) in [5, 5.41) is 21.9. The summed E-state index contributed by atoms with van der Waals surface area (Å²) in [4.78, 5) is 0. The number of alkyl halides is 2. The van der Waals surface area contributed by atoms with Crippen molar-refractivity contribution >= 4 is 15.9 Å². The van der Waals surface area contributed by atoms with E-state index in [-0.39, 0.29) is 24.4 Å². The van der Waals surface area contributed by atoms with Crippen molar-refractivity contribution in [2.75, 3.05) is 0 Å². The fourth-order valence-corrected chi connectivity index (χ4v) is 8.99. The molecule has 4 aliphatic carbocycles. The van der Waals surface area contributed by atoms with E-state index in [9.17, 15) is 10.2 Å². The van der Waals surface area contributed by atoms with E-state index in [1.807, 2.05) is 19.1 Å². The number of rotatable bonds is 3. The summed E-state index contributed by atoms with van der Waals surface area (Å²) in [7, 11) is 0. The van der Waals surface area contributed by atoms with Gasteiger partial charge in [-0.25, -0.2) is 0 Å². The van der Waals surface area contributed by atoms with E-state index in [0.717, 1.165) is 36.6 Å². The minimum atomic E-state index is -3.31. The summed E-state index contributed by atoms with van der Waals surface area (Å²) in [5.41, 5.74) is -1.71. The third-order valence-electron chi connectivity index (χ3n) is 10.2. The van der Waals surface area contributed by atoms with Crippen LogP contribution in [-0.4, -0.2) is 27.8 Å². The van der Waals surface area contributed by atoms with Crippen LogP contribution in [0.5, 0.6) is 0 Å². The number of fused-ring (bicyclic) bond motifs is 5. The van der Waals surface area contributed by atoms with Crippen LogP contribution in [0.3, 0.4) is 0 Å². The molecule has 0 bridgehead atoms. The van der Waals surface area contributed by atoms with Crippen LogP contribution >= 0.6 is 15.9 Å². The van der Waals surface area contributed by atoms with Crippen molar-refractivity contribution in [2.45, 2.75) is 81.8 Å². The predicted octanol–water partition coefficient (Wildman–Crippen LogP) is 6.71. The highest BCUT2D eigenvalue weighted by Crippen LogP contribution is 2.70. The van der Waals surface area contributed by atoms with Crippen molar-refractivity contribution in [1.29, 1.82) is 0 Å². The summed E-state index contributed by atoms with van der Waals surface area (Å²) in [5.74, 6) is -1.24. The molecule has 32 heavy (non-hydrogen) atoms. The lowest BCUT2D eigenvalue weighted by atomic mass is 9.45. The van der Waals surface area contributed by atoms with Crippen LogP contribution in [0.15, 0.2) is 41.4 Å². The number of hydrogen-bond donors (Lipinski definition) is 2. The minimum Gasteiger partial charge on any atom is -0.393 e. The zero-order valence-corrected chi connectivity index (χ0v) is 20.4. The van der Waals surface area contributed by atoms with Crippen LogP contribution in [-0.2, 0) is 0 Å². The standard InChI is InChI=1S/C27H35BrF2O2/c1-3-27(29,30)26(32)13-12-23-21-10-6-17-14-19(31)9-11-20(17)24(21)22(15-25(23,26)2)16-4-7-18(28)8-5-16/h3-5,7-8,17,19-24,31-32H,1,6,9-15H2,2H3. The molecule has 4 saturated carbocycles. The molecule has 0 spiro atoms. The van der Waals surface area contributed by atoms with Crippen molar-refractivity contribution in [1.82, 2.24) is 0 Å². The van der Waals surface area contributed by atoms with Crippen LogP contribution in [0.25, 0.3) is 0 Å². The first-order valence-electron chi connectivity index (χ1n) is 12.3. The Kier molecular flexibility index (Phi) is 5.66. The van der Waals surface area contributed by atoms with Gasteiger partial charge in [-0.2, -0.15) is 8.78 Å². The molecule has 1 aromatic carbocycles. The van der Waals surface area contributed by atoms with Crippen LogP contribution in [0.1, 0.15) is 69.8 Å². The highest BCUT2D eigenvalue weighted by atomic mass is 79.9. The van der Waals surface area contributed by atoms with Gasteiger partial charge in [0.25, 0.3) is 5.92 Å². The van der Waals surface area contributed by atoms with Gasteiger partial charge in [-0.05, 0) is 111 Å². The molecule has 5 heteroatoms. The highest BCUT2D eigenvalue weighted by molar-refractivity contribution is 9.10. The second-order valence-electron chi connectivity index (χ2n) is 11.3. The smallest absolute Gasteiger partial charge is 0.294 e. The Hall–Kier alpha value is -0.780. The van der Waals surface area contributed by atoms with Gasteiger partial charge in [0.1, 0.15) is 5.60 Å². The minimum absolute atomic E-state index is 0.0998. The van der Waals surface area contributed by atoms with Gasteiger partial charge in [-0.15, -0.1) is 0 Å². The molecule has 0 heterocycles. The SMILES string of the molecule is C=CC(F)(F)C1(O)CCC2C3CCC4CC(O)CCC4C3C(c3ccc(Br)cc3)CC21C. The maximum atomic E-state index is 15.2. The third kappa shape index (κ3) is 3.20. The van der Waals surface area contributed by atoms with Crippen LogP contribution in [0.4, 0.5) is 8.78 Å². The second-order valence-corrected chi connectivity index (χ2v) is 12.2. The topological polar surface area (TPSA) is 40.5 Å². The van der Waals surface area contributed by atoms with Gasteiger partial charge in [0.2, 0.25) is 0 Å². The molecule has 2 nitrogen and oxygen atoms in total. The molecule has 0 aliphatic heterocycles. The first kappa shape index (κ1) is 23.0. The third-order valence-corrected chi connectivity index (χ3v) is 10.7. The number of aliphatic hydroxyl groups excluding tert-OH is 1. The van der Waals surface area contributed by atoms with Crippen molar-refractivity contribution in [3.05, 3.63) is 47.0 Å². The van der Waals surface area contributed by atoms with Gasteiger partial charge in [-0.1, -0.05) is 41.6 Å². The average molecular weight is 509 g/mol. The van der Waals surface area contributed by atoms with Gasteiger partial charge in [-0.3, -0.25) is 0 Å². The monoisotopic (exact) mass is 508 g/mol. The molecule has 0 amide bonds. The molecule has 9 unspecified atom stereocenters. The fourth-order valence-electron chi connectivity index (χ4n) is 8.73. The Labute approximate surface area is 198 Å². The Bertz CT molecular complexity index is 873. The highest BCUT2D eigenvalue weighted by Gasteiger charge is 2.71. The van der Waals surface area contributed by atoms with Gasteiger partial charge in [0, 0.05) is 9.89 Å². The van der Waals surface area contributed by atoms with Gasteiger partial charge >= 0.3 is 0 Å². The molecule has 0 radical (unpaired) electrons. The van der Waals surface area contributed by atoms with Crippen LogP contribution < -0.4 is 0 Å². The first-order chi connectivity index (χ1) is 15.1. The average Bonchev–Trinajstić information content (AvgIpc) is 3.05. The molecule has 0 saturated heterocycles. The zero-order chi connectivity index (χ0) is 22.9. The summed E-state index contributed by atoms with van der Waals surface area (Å²) >= 11 is 3.53. The molecule has 2 N–H and O–H groups in total. The zero-order valence-electron chi connectivity index (χ0n) is 18.8. The summed E-state index contributed by atoms with van der Waals surface area (Å²) in [6.45, 7) is 5.31.